The minimum atomic E-state index is -0.106. The van der Waals surface area contributed by atoms with E-state index in [0.29, 0.717) is 0 Å². The fraction of sp³-hybridized carbons (Fsp3) is 0.0492. The molecule has 2 nitrogen and oxygen atoms in total. The Hall–Kier alpha value is -7.94. The highest BCUT2D eigenvalue weighted by Crippen LogP contribution is 2.55. The normalized spacial score (nSPS) is 13.0. The maximum absolute atomic E-state index is 2.49. The van der Waals surface area contributed by atoms with Gasteiger partial charge in [-0.3, -0.25) is 0 Å². The predicted octanol–water partition coefficient (Wildman–Crippen LogP) is 16.7. The van der Waals surface area contributed by atoms with E-state index in [1.165, 1.54) is 105 Å². The number of rotatable bonds is 5. The van der Waals surface area contributed by atoms with Crippen molar-refractivity contribution in [1.29, 1.82) is 0 Å². The predicted molar refractivity (Wildman–Crippen MR) is 266 cm³/mol. The number of para-hydroxylation sites is 4. The molecule has 11 aromatic rings. The third-order valence-corrected chi connectivity index (χ3v) is 14.0. The van der Waals surface area contributed by atoms with Crippen LogP contribution < -0.4 is 4.90 Å². The summed E-state index contributed by atoms with van der Waals surface area (Å²) in [6.45, 7) is 4.73. The van der Waals surface area contributed by atoms with Crippen LogP contribution >= 0.6 is 0 Å². The average molecular weight is 803 g/mol. The third kappa shape index (κ3) is 5.19. The largest absolute Gasteiger partial charge is 0.310 e. The molecule has 2 heteroatoms. The minimum absolute atomic E-state index is 0.106. The van der Waals surface area contributed by atoms with Crippen LogP contribution in [0.3, 0.4) is 0 Å². The number of aromatic nitrogens is 1. The third-order valence-electron chi connectivity index (χ3n) is 14.0. The van der Waals surface area contributed by atoms with E-state index in [4.69, 9.17) is 0 Å². The SMILES string of the molecule is CC1(C)c2ccccc2-c2c(-c3ccccc3N(c3ccc(-c4cccc5ccccc45)cc3)c3ccc4c(c3)-c3cccc5c6ccccc6n(c35)-c3ccccc3-4)cccc21. The molecular formula is C61H42N2. The lowest BCUT2D eigenvalue weighted by Crippen LogP contribution is -2.15. The summed E-state index contributed by atoms with van der Waals surface area (Å²) in [5.41, 5.74) is 22.1. The molecule has 0 unspecified atom stereocenters. The van der Waals surface area contributed by atoms with Gasteiger partial charge in [0.25, 0.3) is 0 Å². The van der Waals surface area contributed by atoms with Crippen molar-refractivity contribution < 1.29 is 0 Å². The quantitative estimate of drug-likeness (QED) is 0.168. The number of anilines is 3. The van der Waals surface area contributed by atoms with Gasteiger partial charge in [0.05, 0.1) is 22.4 Å². The van der Waals surface area contributed by atoms with Crippen LogP contribution in [-0.2, 0) is 5.41 Å². The molecule has 0 saturated carbocycles. The Bertz CT molecular complexity index is 3650. The first-order valence-electron chi connectivity index (χ1n) is 22.0. The van der Waals surface area contributed by atoms with E-state index in [1.54, 1.807) is 0 Å². The summed E-state index contributed by atoms with van der Waals surface area (Å²) in [6.07, 6.45) is 0. The number of benzene rings is 10. The summed E-state index contributed by atoms with van der Waals surface area (Å²) >= 11 is 0. The summed E-state index contributed by atoms with van der Waals surface area (Å²) < 4.78 is 2.49. The standard InChI is InChI=1S/C61H42N2/c1-61(2)54-27-9-5-22-52(54)59-49(24-15-28-55(59)61)47-20-7-10-29-56(47)62(41-34-32-40(33-35-41)44-23-13-17-39-16-3-4-18-43(39)44)42-36-37-45-46-19-6-11-30-57(46)63-58-31-12-8-21-48(58)50-25-14-26-51(60(50)63)53(45)38-42/h3-38H,1-2H3. The Morgan fingerprint density at radius 1 is 0.381 bits per heavy atom. The van der Waals surface area contributed by atoms with Crippen molar-refractivity contribution in [3.8, 4) is 61.3 Å². The van der Waals surface area contributed by atoms with Crippen LogP contribution in [0.2, 0.25) is 0 Å². The van der Waals surface area contributed by atoms with Crippen LogP contribution in [0, 0.1) is 0 Å². The molecule has 0 radical (unpaired) electrons. The maximum atomic E-state index is 2.49. The molecule has 1 aromatic heterocycles. The first-order chi connectivity index (χ1) is 31.0. The highest BCUT2D eigenvalue weighted by Gasteiger charge is 2.37. The van der Waals surface area contributed by atoms with Crippen molar-refractivity contribution in [2.45, 2.75) is 19.3 Å². The number of hydrogen-bond acceptors (Lipinski definition) is 1. The van der Waals surface area contributed by atoms with Crippen LogP contribution in [0.15, 0.2) is 218 Å². The van der Waals surface area contributed by atoms with E-state index in [9.17, 15) is 0 Å². The van der Waals surface area contributed by atoms with Crippen molar-refractivity contribution in [3.05, 3.63) is 230 Å². The molecule has 10 aromatic carbocycles. The van der Waals surface area contributed by atoms with Crippen LogP contribution in [0.1, 0.15) is 25.0 Å². The van der Waals surface area contributed by atoms with Gasteiger partial charge in [-0.2, -0.15) is 0 Å². The summed E-state index contributed by atoms with van der Waals surface area (Å²) in [6, 6.07) is 81.1. The molecule has 0 N–H and O–H groups in total. The Kier molecular flexibility index (Phi) is 7.68. The second-order valence-electron chi connectivity index (χ2n) is 17.6. The maximum Gasteiger partial charge on any atom is 0.0619 e. The van der Waals surface area contributed by atoms with E-state index < -0.39 is 0 Å². The first-order valence-corrected chi connectivity index (χ1v) is 22.0. The van der Waals surface area contributed by atoms with Gasteiger partial charge >= 0.3 is 0 Å². The number of hydrogen-bond donors (Lipinski definition) is 0. The molecule has 0 spiro atoms. The zero-order chi connectivity index (χ0) is 41.8. The monoisotopic (exact) mass is 802 g/mol. The smallest absolute Gasteiger partial charge is 0.0619 e. The zero-order valence-corrected chi connectivity index (χ0v) is 35.2. The fourth-order valence-electron chi connectivity index (χ4n) is 11.1. The molecule has 63 heavy (non-hydrogen) atoms. The lowest BCUT2D eigenvalue weighted by atomic mass is 9.82. The van der Waals surface area contributed by atoms with Gasteiger partial charge in [-0.05, 0) is 103 Å². The molecule has 0 saturated heterocycles. The van der Waals surface area contributed by atoms with Crippen LogP contribution in [0.5, 0.6) is 0 Å². The molecule has 1 aliphatic carbocycles. The van der Waals surface area contributed by atoms with E-state index in [0.717, 1.165) is 17.1 Å². The zero-order valence-electron chi connectivity index (χ0n) is 35.2. The van der Waals surface area contributed by atoms with Gasteiger partial charge in [0, 0.05) is 44.3 Å². The lowest BCUT2D eigenvalue weighted by molar-refractivity contribution is 0.660. The second kappa shape index (κ2) is 13.5. The summed E-state index contributed by atoms with van der Waals surface area (Å²) in [5, 5.41) is 5.04. The molecule has 13 rings (SSSR count). The van der Waals surface area contributed by atoms with Crippen LogP contribution in [0.4, 0.5) is 17.1 Å². The molecule has 0 fully saturated rings. The molecule has 1 aliphatic heterocycles. The molecule has 296 valence electrons. The number of fused-ring (bicyclic) bond motifs is 12. The topological polar surface area (TPSA) is 8.17 Å². The molecule has 2 heterocycles. The minimum Gasteiger partial charge on any atom is -0.310 e. The van der Waals surface area contributed by atoms with Crippen molar-refractivity contribution in [2.75, 3.05) is 4.90 Å². The summed E-state index contributed by atoms with van der Waals surface area (Å²) in [4.78, 5) is 2.49. The van der Waals surface area contributed by atoms with Gasteiger partial charge < -0.3 is 9.47 Å². The molecular weight excluding hydrogens is 761 g/mol. The van der Waals surface area contributed by atoms with E-state index in [1.807, 2.05) is 0 Å². The Balaban J connectivity index is 1.07. The Morgan fingerprint density at radius 3 is 1.87 bits per heavy atom. The van der Waals surface area contributed by atoms with Crippen molar-refractivity contribution in [3.63, 3.8) is 0 Å². The van der Waals surface area contributed by atoms with Gasteiger partial charge in [-0.15, -0.1) is 0 Å². The molecule has 0 bridgehead atoms. The molecule has 0 amide bonds. The van der Waals surface area contributed by atoms with Gasteiger partial charge in [0.15, 0.2) is 0 Å². The van der Waals surface area contributed by atoms with E-state index in [-0.39, 0.29) is 5.41 Å². The van der Waals surface area contributed by atoms with Crippen LogP contribution in [-0.4, -0.2) is 4.57 Å². The van der Waals surface area contributed by atoms with Gasteiger partial charge in [-0.25, -0.2) is 0 Å². The lowest BCUT2D eigenvalue weighted by Gasteiger charge is -2.29. The van der Waals surface area contributed by atoms with Gasteiger partial charge in [0.2, 0.25) is 0 Å². The Labute approximate surface area is 367 Å². The van der Waals surface area contributed by atoms with Gasteiger partial charge in [-0.1, -0.05) is 190 Å². The summed E-state index contributed by atoms with van der Waals surface area (Å²) in [7, 11) is 0. The molecule has 0 atom stereocenters. The average Bonchev–Trinajstić information content (AvgIpc) is 3.75. The highest BCUT2D eigenvalue weighted by molar-refractivity contribution is 6.16. The van der Waals surface area contributed by atoms with E-state index in [2.05, 4.69) is 242 Å². The highest BCUT2D eigenvalue weighted by atomic mass is 15.1. The second-order valence-corrected chi connectivity index (χ2v) is 17.6. The van der Waals surface area contributed by atoms with Crippen molar-refractivity contribution >= 4 is 49.6 Å². The summed E-state index contributed by atoms with van der Waals surface area (Å²) in [5.74, 6) is 0. The first kappa shape index (κ1) is 35.8. The van der Waals surface area contributed by atoms with E-state index >= 15 is 0 Å². The van der Waals surface area contributed by atoms with Crippen molar-refractivity contribution in [1.82, 2.24) is 4.57 Å². The number of nitrogens with zero attached hydrogens (tertiary/aromatic N) is 2. The van der Waals surface area contributed by atoms with Gasteiger partial charge in [0.1, 0.15) is 0 Å². The Morgan fingerprint density at radius 2 is 0.984 bits per heavy atom. The fourth-order valence-corrected chi connectivity index (χ4v) is 11.1. The van der Waals surface area contributed by atoms with Crippen LogP contribution in [0.25, 0.3) is 93.9 Å². The molecule has 2 aliphatic rings. The van der Waals surface area contributed by atoms with Crippen molar-refractivity contribution in [2.24, 2.45) is 0 Å².